The van der Waals surface area contributed by atoms with Crippen LogP contribution < -0.4 is 0 Å². The first-order chi connectivity index (χ1) is 14.3. The molecule has 2 aromatic rings. The predicted octanol–water partition coefficient (Wildman–Crippen LogP) is 8.71. The average molecular weight is 400 g/mol. The van der Waals surface area contributed by atoms with Crippen LogP contribution in [0.1, 0.15) is 58.2 Å². The molecule has 0 saturated carbocycles. The van der Waals surface area contributed by atoms with Gasteiger partial charge in [-0.15, -0.1) is 0 Å². The largest absolute Gasteiger partial charge is 0.260 e. The SMILES string of the molecule is C=Cc1ccccc1/C=C\C(C)C(C)C.CC(C)C1(C)C=Cc2ccccc2N=C1. The number of benzene rings is 2. The summed E-state index contributed by atoms with van der Waals surface area (Å²) in [6.45, 7) is 17.2. The summed E-state index contributed by atoms with van der Waals surface area (Å²) in [6.07, 6.45) is 12.9. The van der Waals surface area contributed by atoms with Gasteiger partial charge in [-0.05, 0) is 40.5 Å². The van der Waals surface area contributed by atoms with Crippen LogP contribution in [0.4, 0.5) is 5.69 Å². The highest BCUT2D eigenvalue weighted by molar-refractivity contribution is 5.80. The first kappa shape index (κ1) is 23.6. The van der Waals surface area contributed by atoms with Gasteiger partial charge in [0.05, 0.1) is 5.69 Å². The molecule has 1 heterocycles. The molecule has 0 aromatic heterocycles. The minimum absolute atomic E-state index is 0.0685. The number of fused-ring (bicyclic) bond motifs is 1. The number of nitrogens with zero attached hydrogens (tertiary/aromatic N) is 1. The monoisotopic (exact) mass is 399 g/mol. The van der Waals surface area contributed by atoms with Crippen LogP contribution in [0.25, 0.3) is 18.2 Å². The van der Waals surface area contributed by atoms with E-state index >= 15 is 0 Å². The summed E-state index contributed by atoms with van der Waals surface area (Å²) >= 11 is 0. The van der Waals surface area contributed by atoms with E-state index in [2.05, 4.69) is 120 Å². The molecule has 0 amide bonds. The molecule has 1 nitrogen and oxygen atoms in total. The molecule has 0 saturated heterocycles. The molecule has 0 bridgehead atoms. The normalized spacial score (nSPS) is 18.7. The van der Waals surface area contributed by atoms with E-state index in [-0.39, 0.29) is 5.41 Å². The predicted molar refractivity (Wildman–Crippen MR) is 136 cm³/mol. The fourth-order valence-corrected chi connectivity index (χ4v) is 2.93. The smallest absolute Gasteiger partial charge is 0.0698 e. The Kier molecular flexibility index (Phi) is 8.59. The lowest BCUT2D eigenvalue weighted by atomic mass is 9.80. The van der Waals surface area contributed by atoms with Crippen LogP contribution in [0.2, 0.25) is 0 Å². The van der Waals surface area contributed by atoms with Crippen LogP contribution in [0.3, 0.4) is 0 Å². The zero-order chi connectivity index (χ0) is 22.1. The second-order valence-corrected chi connectivity index (χ2v) is 8.97. The summed E-state index contributed by atoms with van der Waals surface area (Å²) in [4.78, 5) is 4.57. The first-order valence-corrected chi connectivity index (χ1v) is 11.0. The molecule has 158 valence electrons. The molecule has 1 aliphatic rings. The molecule has 0 fully saturated rings. The third kappa shape index (κ3) is 6.42. The van der Waals surface area contributed by atoms with Crippen LogP contribution in [0, 0.1) is 23.2 Å². The van der Waals surface area contributed by atoms with Gasteiger partial charge in [0.15, 0.2) is 0 Å². The lowest BCUT2D eigenvalue weighted by Gasteiger charge is -2.24. The maximum atomic E-state index is 4.57. The topological polar surface area (TPSA) is 12.4 Å². The number of aliphatic imine (C=N–C) groups is 1. The van der Waals surface area contributed by atoms with Gasteiger partial charge in [0.25, 0.3) is 0 Å². The van der Waals surface area contributed by atoms with Gasteiger partial charge in [0.2, 0.25) is 0 Å². The number of allylic oxidation sites excluding steroid dienone is 2. The Hall–Kier alpha value is -2.67. The van der Waals surface area contributed by atoms with Crippen molar-refractivity contribution in [1.29, 1.82) is 0 Å². The molecular formula is C29H37N. The molecule has 0 radical (unpaired) electrons. The molecule has 2 atom stereocenters. The maximum absolute atomic E-state index is 4.57. The van der Waals surface area contributed by atoms with Crippen LogP contribution in [-0.2, 0) is 0 Å². The second kappa shape index (κ2) is 10.9. The Morgan fingerprint density at radius 3 is 2.17 bits per heavy atom. The quantitative estimate of drug-likeness (QED) is 0.476. The van der Waals surface area contributed by atoms with Crippen LogP contribution in [0.5, 0.6) is 0 Å². The van der Waals surface area contributed by atoms with Crippen LogP contribution in [0.15, 0.2) is 72.3 Å². The van der Waals surface area contributed by atoms with E-state index in [1.165, 1.54) is 16.7 Å². The average Bonchev–Trinajstić information content (AvgIpc) is 2.93. The highest BCUT2D eigenvalue weighted by Gasteiger charge is 2.24. The van der Waals surface area contributed by atoms with E-state index < -0.39 is 0 Å². The van der Waals surface area contributed by atoms with E-state index in [0.717, 1.165) is 5.69 Å². The molecule has 3 rings (SSSR count). The summed E-state index contributed by atoms with van der Waals surface area (Å²) < 4.78 is 0. The first-order valence-electron chi connectivity index (χ1n) is 11.0. The number of hydrogen-bond acceptors (Lipinski definition) is 1. The van der Waals surface area contributed by atoms with Gasteiger partial charge in [-0.25, -0.2) is 0 Å². The number of para-hydroxylation sites is 1. The summed E-state index contributed by atoms with van der Waals surface area (Å²) in [5, 5.41) is 0. The highest BCUT2D eigenvalue weighted by Crippen LogP contribution is 2.33. The molecule has 1 heteroatoms. The second-order valence-electron chi connectivity index (χ2n) is 8.97. The minimum atomic E-state index is 0.0685. The van der Waals surface area contributed by atoms with E-state index in [9.17, 15) is 0 Å². The Balaban J connectivity index is 0.000000214. The molecule has 0 N–H and O–H groups in total. The highest BCUT2D eigenvalue weighted by atomic mass is 14.7. The van der Waals surface area contributed by atoms with Crippen molar-refractivity contribution >= 4 is 30.1 Å². The van der Waals surface area contributed by atoms with Crippen molar-refractivity contribution in [2.75, 3.05) is 0 Å². The summed E-state index contributed by atoms with van der Waals surface area (Å²) in [5.41, 5.74) is 4.79. The van der Waals surface area contributed by atoms with E-state index in [1.807, 2.05) is 18.2 Å². The van der Waals surface area contributed by atoms with Crippen LogP contribution in [-0.4, -0.2) is 6.21 Å². The van der Waals surface area contributed by atoms with Crippen molar-refractivity contribution in [3.05, 3.63) is 84.0 Å². The fourth-order valence-electron chi connectivity index (χ4n) is 2.93. The minimum Gasteiger partial charge on any atom is -0.260 e. The standard InChI is InChI=1S/C15H20.C14H17N/c1-5-14-8-6-7-9-15(14)11-10-13(4)12(2)3;1-11(2)14(3)9-8-12-6-4-5-7-13(12)15-10-14/h5-13H,1H2,2-4H3;4-11H,1-3H3/b11-10-;. The molecule has 0 aliphatic carbocycles. The lowest BCUT2D eigenvalue weighted by Crippen LogP contribution is -2.21. The van der Waals surface area contributed by atoms with Crippen molar-refractivity contribution in [3.63, 3.8) is 0 Å². The number of hydrogen-bond donors (Lipinski definition) is 0. The van der Waals surface area contributed by atoms with E-state index in [0.29, 0.717) is 17.8 Å². The van der Waals surface area contributed by atoms with Gasteiger partial charge in [0.1, 0.15) is 0 Å². The van der Waals surface area contributed by atoms with Gasteiger partial charge < -0.3 is 0 Å². The molecule has 2 unspecified atom stereocenters. The van der Waals surface area contributed by atoms with E-state index in [4.69, 9.17) is 0 Å². The molecule has 0 spiro atoms. The Morgan fingerprint density at radius 2 is 1.53 bits per heavy atom. The maximum Gasteiger partial charge on any atom is 0.0698 e. The molecular weight excluding hydrogens is 362 g/mol. The third-order valence-corrected chi connectivity index (χ3v) is 6.13. The van der Waals surface area contributed by atoms with Crippen molar-refractivity contribution in [3.8, 4) is 0 Å². The Morgan fingerprint density at radius 1 is 0.900 bits per heavy atom. The van der Waals surface area contributed by atoms with Gasteiger partial charge in [-0.2, -0.15) is 0 Å². The van der Waals surface area contributed by atoms with Crippen molar-refractivity contribution in [2.45, 2.75) is 41.5 Å². The number of rotatable bonds is 5. The van der Waals surface area contributed by atoms with Crippen LogP contribution >= 0.6 is 0 Å². The van der Waals surface area contributed by atoms with Gasteiger partial charge in [-0.1, -0.05) is 121 Å². The zero-order valence-corrected chi connectivity index (χ0v) is 19.5. The van der Waals surface area contributed by atoms with Crippen molar-refractivity contribution in [1.82, 2.24) is 0 Å². The zero-order valence-electron chi connectivity index (χ0n) is 19.5. The molecule has 1 aliphatic heterocycles. The van der Waals surface area contributed by atoms with Gasteiger partial charge in [-0.3, -0.25) is 4.99 Å². The summed E-state index contributed by atoms with van der Waals surface area (Å²) in [6, 6.07) is 16.6. The van der Waals surface area contributed by atoms with Gasteiger partial charge in [0, 0.05) is 11.6 Å². The summed E-state index contributed by atoms with van der Waals surface area (Å²) in [5.74, 6) is 1.87. The third-order valence-electron chi connectivity index (χ3n) is 6.13. The van der Waals surface area contributed by atoms with Crippen molar-refractivity contribution in [2.24, 2.45) is 28.2 Å². The van der Waals surface area contributed by atoms with Gasteiger partial charge >= 0.3 is 0 Å². The summed E-state index contributed by atoms with van der Waals surface area (Å²) in [7, 11) is 0. The Bertz CT molecular complexity index is 870. The van der Waals surface area contributed by atoms with E-state index in [1.54, 1.807) is 0 Å². The van der Waals surface area contributed by atoms with Crippen molar-refractivity contribution < 1.29 is 0 Å². The Labute approximate surface area is 184 Å². The fraction of sp³-hybridized carbons (Fsp3) is 0.345. The molecule has 30 heavy (non-hydrogen) atoms. The lowest BCUT2D eigenvalue weighted by molar-refractivity contribution is 0.426. The molecule has 2 aromatic carbocycles.